The first-order valence-corrected chi connectivity index (χ1v) is 4.03. The van der Waals surface area contributed by atoms with Gasteiger partial charge in [-0.25, -0.2) is 0 Å². The lowest BCUT2D eigenvalue weighted by Crippen LogP contribution is -2.35. The summed E-state index contributed by atoms with van der Waals surface area (Å²) in [5, 5.41) is 0. The summed E-state index contributed by atoms with van der Waals surface area (Å²) in [4.78, 5) is 10.7. The molecule has 0 saturated carbocycles. The highest BCUT2D eigenvalue weighted by atomic mass is 19.4. The van der Waals surface area contributed by atoms with Gasteiger partial charge in [0.15, 0.2) is 0 Å². The summed E-state index contributed by atoms with van der Waals surface area (Å²) in [5.41, 5.74) is 0. The normalized spacial score (nSPS) is 16.8. The summed E-state index contributed by atoms with van der Waals surface area (Å²) in [6.07, 6.45) is -5.45. The average molecular weight is 198 g/mol. The lowest BCUT2D eigenvalue weighted by Gasteiger charge is -2.19. The maximum atomic E-state index is 11.9. The summed E-state index contributed by atoms with van der Waals surface area (Å²) < 4.78 is 40.6. The summed E-state index contributed by atoms with van der Waals surface area (Å²) in [6.45, 7) is 4.64. The van der Waals surface area contributed by atoms with Crippen molar-refractivity contribution >= 4 is 5.78 Å². The predicted octanol–water partition coefficient (Wildman–Crippen LogP) is 2.18. The highest BCUT2D eigenvalue weighted by Crippen LogP contribution is 2.23. The van der Waals surface area contributed by atoms with Crippen molar-refractivity contribution in [3.05, 3.63) is 0 Å². The van der Waals surface area contributed by atoms with Gasteiger partial charge >= 0.3 is 6.18 Å². The molecule has 0 aliphatic heterocycles. The van der Waals surface area contributed by atoms with Gasteiger partial charge in [0, 0.05) is 6.61 Å². The summed E-state index contributed by atoms with van der Waals surface area (Å²) >= 11 is 0. The zero-order chi connectivity index (χ0) is 10.6. The molecule has 13 heavy (non-hydrogen) atoms. The van der Waals surface area contributed by atoms with E-state index in [2.05, 4.69) is 0 Å². The number of halogens is 3. The molecule has 0 rings (SSSR count). The molecule has 2 atom stereocenters. The van der Waals surface area contributed by atoms with E-state index in [0.717, 1.165) is 0 Å². The Morgan fingerprint density at radius 2 is 1.85 bits per heavy atom. The largest absolute Gasteiger partial charge is 0.450 e. The van der Waals surface area contributed by atoms with E-state index < -0.39 is 24.0 Å². The van der Waals surface area contributed by atoms with Crippen LogP contribution >= 0.6 is 0 Å². The van der Waals surface area contributed by atoms with Crippen molar-refractivity contribution in [2.24, 2.45) is 5.92 Å². The quantitative estimate of drug-likeness (QED) is 0.692. The molecular formula is C8H13F3O2. The number of alkyl halides is 3. The number of Topliss-reactive ketones (excluding diaryl/α,β-unsaturated/α-hetero) is 1. The fourth-order valence-corrected chi connectivity index (χ4v) is 0.879. The SMILES string of the molecule is CCOC(C)C(C)C(=O)C(F)(F)F. The molecule has 0 amide bonds. The number of rotatable bonds is 4. The molecule has 0 aromatic rings. The van der Waals surface area contributed by atoms with Crippen molar-refractivity contribution in [2.45, 2.75) is 33.1 Å². The molecule has 0 saturated heterocycles. The second-order valence-electron chi connectivity index (χ2n) is 2.81. The van der Waals surface area contributed by atoms with Crippen LogP contribution in [0, 0.1) is 5.92 Å². The Hall–Kier alpha value is -0.580. The first-order valence-electron chi connectivity index (χ1n) is 4.03. The third-order valence-corrected chi connectivity index (χ3v) is 1.83. The Labute approximate surface area is 75.1 Å². The molecule has 0 N–H and O–H groups in total. The average Bonchev–Trinajstić information content (AvgIpc) is 2.00. The molecular weight excluding hydrogens is 185 g/mol. The lowest BCUT2D eigenvalue weighted by molar-refractivity contribution is -0.179. The van der Waals surface area contributed by atoms with Crippen LogP contribution in [-0.2, 0) is 9.53 Å². The van der Waals surface area contributed by atoms with E-state index in [0.29, 0.717) is 6.61 Å². The Balaban J connectivity index is 4.26. The molecule has 0 aliphatic carbocycles. The first-order chi connectivity index (χ1) is 5.80. The highest BCUT2D eigenvalue weighted by molar-refractivity contribution is 5.86. The number of carbonyl (C=O) groups is 1. The third-order valence-electron chi connectivity index (χ3n) is 1.83. The number of ether oxygens (including phenoxy) is 1. The fourth-order valence-electron chi connectivity index (χ4n) is 0.879. The maximum Gasteiger partial charge on any atom is 0.450 e. The van der Waals surface area contributed by atoms with Gasteiger partial charge < -0.3 is 4.74 Å². The van der Waals surface area contributed by atoms with Crippen molar-refractivity contribution in [3.63, 3.8) is 0 Å². The fraction of sp³-hybridized carbons (Fsp3) is 0.875. The van der Waals surface area contributed by atoms with Crippen LogP contribution < -0.4 is 0 Å². The molecule has 0 fully saturated rings. The Bertz CT molecular complexity index is 177. The molecule has 0 aromatic carbocycles. The van der Waals surface area contributed by atoms with Crippen molar-refractivity contribution < 1.29 is 22.7 Å². The topological polar surface area (TPSA) is 26.3 Å². The molecule has 0 aromatic heterocycles. The molecule has 5 heteroatoms. The Morgan fingerprint density at radius 1 is 1.38 bits per heavy atom. The van der Waals surface area contributed by atoms with E-state index in [1.54, 1.807) is 6.92 Å². The molecule has 0 heterocycles. The third kappa shape index (κ3) is 3.76. The zero-order valence-electron chi connectivity index (χ0n) is 7.81. The molecule has 0 spiro atoms. The van der Waals surface area contributed by atoms with Crippen molar-refractivity contribution in [3.8, 4) is 0 Å². The van der Waals surface area contributed by atoms with E-state index in [-0.39, 0.29) is 0 Å². The van der Waals surface area contributed by atoms with Crippen LogP contribution in [0.4, 0.5) is 13.2 Å². The summed E-state index contributed by atoms with van der Waals surface area (Å²) in [5.74, 6) is -2.87. The highest BCUT2D eigenvalue weighted by Gasteiger charge is 2.43. The standard InChI is InChI=1S/C8H13F3O2/c1-4-13-6(3)5(2)7(12)8(9,10)11/h5-6H,4H2,1-3H3. The molecule has 2 nitrogen and oxygen atoms in total. The van der Waals surface area contributed by atoms with Gasteiger partial charge in [-0.3, -0.25) is 4.79 Å². The van der Waals surface area contributed by atoms with E-state index in [4.69, 9.17) is 4.74 Å². The van der Waals surface area contributed by atoms with Gasteiger partial charge in [-0.1, -0.05) is 6.92 Å². The molecule has 0 radical (unpaired) electrons. The first kappa shape index (κ1) is 12.4. The second-order valence-corrected chi connectivity index (χ2v) is 2.81. The van der Waals surface area contributed by atoms with Crippen LogP contribution in [0.1, 0.15) is 20.8 Å². The van der Waals surface area contributed by atoms with Crippen molar-refractivity contribution in [1.82, 2.24) is 0 Å². The van der Waals surface area contributed by atoms with E-state index in [1.165, 1.54) is 13.8 Å². The molecule has 2 unspecified atom stereocenters. The minimum Gasteiger partial charge on any atom is -0.378 e. The number of ketones is 1. The second kappa shape index (κ2) is 4.60. The monoisotopic (exact) mass is 198 g/mol. The Kier molecular flexibility index (Phi) is 4.39. The molecule has 0 aliphatic rings. The van der Waals surface area contributed by atoms with Crippen LogP contribution in [-0.4, -0.2) is 24.7 Å². The van der Waals surface area contributed by atoms with Crippen LogP contribution in [0.5, 0.6) is 0 Å². The van der Waals surface area contributed by atoms with E-state index in [1.807, 2.05) is 0 Å². The number of hydrogen-bond donors (Lipinski definition) is 0. The minimum absolute atomic E-state index is 0.302. The van der Waals surface area contributed by atoms with Crippen LogP contribution in [0.15, 0.2) is 0 Å². The predicted molar refractivity (Wildman–Crippen MR) is 41.3 cm³/mol. The number of hydrogen-bond acceptors (Lipinski definition) is 2. The van der Waals surface area contributed by atoms with Gasteiger partial charge in [0.05, 0.1) is 12.0 Å². The minimum atomic E-state index is -4.76. The van der Waals surface area contributed by atoms with Crippen molar-refractivity contribution in [1.29, 1.82) is 0 Å². The smallest absolute Gasteiger partial charge is 0.378 e. The zero-order valence-corrected chi connectivity index (χ0v) is 7.81. The van der Waals surface area contributed by atoms with Gasteiger partial charge in [0.1, 0.15) is 0 Å². The van der Waals surface area contributed by atoms with E-state index in [9.17, 15) is 18.0 Å². The van der Waals surface area contributed by atoms with Gasteiger partial charge in [0.25, 0.3) is 0 Å². The molecule has 0 bridgehead atoms. The van der Waals surface area contributed by atoms with Crippen molar-refractivity contribution in [2.75, 3.05) is 6.61 Å². The number of carbonyl (C=O) groups excluding carboxylic acids is 1. The van der Waals surface area contributed by atoms with E-state index >= 15 is 0 Å². The van der Waals surface area contributed by atoms with Gasteiger partial charge in [-0.05, 0) is 13.8 Å². The molecule has 78 valence electrons. The van der Waals surface area contributed by atoms with Gasteiger partial charge in [-0.15, -0.1) is 0 Å². The van der Waals surface area contributed by atoms with Crippen LogP contribution in [0.25, 0.3) is 0 Å². The van der Waals surface area contributed by atoms with Crippen LogP contribution in [0.2, 0.25) is 0 Å². The summed E-state index contributed by atoms with van der Waals surface area (Å²) in [7, 11) is 0. The Morgan fingerprint density at radius 3 is 2.15 bits per heavy atom. The van der Waals surface area contributed by atoms with Gasteiger partial charge in [0.2, 0.25) is 5.78 Å². The summed E-state index contributed by atoms with van der Waals surface area (Å²) in [6, 6.07) is 0. The lowest BCUT2D eigenvalue weighted by atomic mass is 10.0. The maximum absolute atomic E-state index is 11.9. The van der Waals surface area contributed by atoms with Crippen LogP contribution in [0.3, 0.4) is 0 Å². The van der Waals surface area contributed by atoms with Gasteiger partial charge in [-0.2, -0.15) is 13.2 Å².